The molecule has 3 aromatic rings. The molecule has 0 aliphatic rings. The summed E-state index contributed by atoms with van der Waals surface area (Å²) in [6, 6.07) is 16.1. The number of aromatic nitrogens is 2. The summed E-state index contributed by atoms with van der Waals surface area (Å²) in [4.78, 5) is 21.0. The van der Waals surface area contributed by atoms with Gasteiger partial charge in [0.05, 0.1) is 18.9 Å². The van der Waals surface area contributed by atoms with Crippen molar-refractivity contribution in [1.29, 1.82) is 0 Å². The van der Waals surface area contributed by atoms with Crippen LogP contribution >= 0.6 is 0 Å². The van der Waals surface area contributed by atoms with Crippen LogP contribution in [0.1, 0.15) is 24.3 Å². The Labute approximate surface area is 163 Å². The van der Waals surface area contributed by atoms with Gasteiger partial charge in [0.2, 0.25) is 5.95 Å². The van der Waals surface area contributed by atoms with E-state index in [2.05, 4.69) is 20.6 Å². The lowest BCUT2D eigenvalue weighted by molar-refractivity contribution is 0.102. The van der Waals surface area contributed by atoms with Crippen LogP contribution < -0.4 is 20.1 Å². The van der Waals surface area contributed by atoms with Crippen molar-refractivity contribution in [2.75, 3.05) is 17.7 Å². The summed E-state index contributed by atoms with van der Waals surface area (Å²) in [6.45, 7) is 3.92. The number of hydrogen-bond acceptors (Lipinski definition) is 6. The Balaban J connectivity index is 1.70. The van der Waals surface area contributed by atoms with Crippen molar-refractivity contribution in [3.05, 3.63) is 66.5 Å². The van der Waals surface area contributed by atoms with E-state index < -0.39 is 0 Å². The number of hydrogen-bond donors (Lipinski definition) is 2. The Kier molecular flexibility index (Phi) is 6.06. The van der Waals surface area contributed by atoms with Gasteiger partial charge in [-0.05, 0) is 56.3 Å². The Morgan fingerprint density at radius 2 is 1.79 bits per heavy atom. The molecule has 0 fully saturated rings. The molecule has 2 aromatic carbocycles. The molecule has 0 spiro atoms. The van der Waals surface area contributed by atoms with E-state index in [9.17, 15) is 4.79 Å². The van der Waals surface area contributed by atoms with Crippen molar-refractivity contribution in [1.82, 2.24) is 9.97 Å². The molecule has 0 saturated carbocycles. The summed E-state index contributed by atoms with van der Waals surface area (Å²) in [5.74, 6) is 1.38. The fraction of sp³-hybridized carbons (Fsp3) is 0.190. The van der Waals surface area contributed by atoms with E-state index in [4.69, 9.17) is 9.47 Å². The Bertz CT molecular complexity index is 942. The zero-order valence-corrected chi connectivity index (χ0v) is 16.0. The number of rotatable bonds is 7. The van der Waals surface area contributed by atoms with E-state index in [1.165, 1.54) is 6.20 Å². The van der Waals surface area contributed by atoms with Crippen molar-refractivity contribution in [3.8, 4) is 11.5 Å². The molecular weight excluding hydrogens is 356 g/mol. The lowest BCUT2D eigenvalue weighted by Gasteiger charge is -2.11. The molecule has 7 nitrogen and oxygen atoms in total. The number of carbonyl (C=O) groups is 1. The summed E-state index contributed by atoms with van der Waals surface area (Å²) in [6.07, 6.45) is 1.62. The van der Waals surface area contributed by atoms with Crippen LogP contribution in [0.2, 0.25) is 0 Å². The maximum atomic E-state index is 12.5. The summed E-state index contributed by atoms with van der Waals surface area (Å²) < 4.78 is 10.9. The predicted molar refractivity (Wildman–Crippen MR) is 108 cm³/mol. The van der Waals surface area contributed by atoms with Crippen molar-refractivity contribution >= 4 is 23.2 Å². The number of amides is 1. The van der Waals surface area contributed by atoms with Crippen LogP contribution in [0.25, 0.3) is 0 Å². The van der Waals surface area contributed by atoms with Crippen molar-refractivity contribution < 1.29 is 14.3 Å². The molecule has 0 atom stereocenters. The third kappa shape index (κ3) is 4.97. The van der Waals surface area contributed by atoms with Crippen LogP contribution in [0.15, 0.2) is 60.8 Å². The molecule has 0 bridgehead atoms. The topological polar surface area (TPSA) is 85.4 Å². The molecule has 2 N–H and O–H groups in total. The minimum Gasteiger partial charge on any atom is -0.495 e. The van der Waals surface area contributed by atoms with E-state index in [-0.39, 0.29) is 17.7 Å². The number of nitrogens with one attached hydrogen (secondary N) is 2. The predicted octanol–water partition coefficient (Wildman–Crippen LogP) is 4.27. The molecule has 28 heavy (non-hydrogen) atoms. The Hall–Kier alpha value is -3.61. The first-order valence-electron chi connectivity index (χ1n) is 8.86. The van der Waals surface area contributed by atoms with Crippen LogP contribution in [0.5, 0.6) is 11.5 Å². The normalized spacial score (nSPS) is 10.4. The molecule has 3 rings (SSSR count). The second-order valence-electron chi connectivity index (χ2n) is 6.24. The number of methoxy groups -OCH3 is 1. The zero-order valence-electron chi connectivity index (χ0n) is 16.0. The van der Waals surface area contributed by atoms with Gasteiger partial charge in [-0.2, -0.15) is 0 Å². The molecular formula is C21H22N4O3. The van der Waals surface area contributed by atoms with Crippen LogP contribution in [0.4, 0.5) is 17.3 Å². The van der Waals surface area contributed by atoms with Crippen LogP contribution in [-0.2, 0) is 0 Å². The molecule has 0 saturated heterocycles. The number of anilines is 3. The van der Waals surface area contributed by atoms with Gasteiger partial charge in [0.15, 0.2) is 0 Å². The Morgan fingerprint density at radius 1 is 1.04 bits per heavy atom. The highest BCUT2D eigenvalue weighted by Crippen LogP contribution is 2.25. The SMILES string of the molecule is COc1ccccc1Nc1nccc(C(=O)Nc2ccc(OC(C)C)cc2)n1. The van der Waals surface area contributed by atoms with Gasteiger partial charge in [0.25, 0.3) is 5.91 Å². The summed E-state index contributed by atoms with van der Waals surface area (Å²) in [5, 5.41) is 5.88. The van der Waals surface area contributed by atoms with Gasteiger partial charge in [-0.1, -0.05) is 12.1 Å². The van der Waals surface area contributed by atoms with Gasteiger partial charge >= 0.3 is 0 Å². The number of carbonyl (C=O) groups excluding carboxylic acids is 1. The molecule has 0 aliphatic carbocycles. The van der Waals surface area contributed by atoms with Gasteiger partial charge < -0.3 is 20.1 Å². The first kappa shape index (κ1) is 19.2. The lowest BCUT2D eigenvalue weighted by Crippen LogP contribution is -2.15. The van der Waals surface area contributed by atoms with Crippen LogP contribution in [0.3, 0.4) is 0 Å². The standard InChI is InChI=1S/C21H22N4O3/c1-14(2)28-16-10-8-15(9-11-16)23-20(26)18-12-13-22-21(25-18)24-17-6-4-5-7-19(17)27-3/h4-14H,1-3H3,(H,23,26)(H,22,24,25). The van der Waals surface area contributed by atoms with Crippen molar-refractivity contribution in [2.24, 2.45) is 0 Å². The fourth-order valence-corrected chi connectivity index (χ4v) is 2.50. The number of para-hydroxylation sites is 2. The summed E-state index contributed by atoms with van der Waals surface area (Å²) in [5.41, 5.74) is 1.61. The first-order valence-corrected chi connectivity index (χ1v) is 8.86. The highest BCUT2D eigenvalue weighted by atomic mass is 16.5. The van der Waals surface area contributed by atoms with Crippen LogP contribution in [0, 0.1) is 0 Å². The van der Waals surface area contributed by atoms with Crippen LogP contribution in [-0.4, -0.2) is 29.1 Å². The van der Waals surface area contributed by atoms with E-state index in [0.29, 0.717) is 23.1 Å². The number of ether oxygens (including phenoxy) is 2. The minimum absolute atomic E-state index is 0.0932. The van der Waals surface area contributed by atoms with Crippen molar-refractivity contribution in [2.45, 2.75) is 20.0 Å². The van der Waals surface area contributed by atoms with E-state index in [1.54, 1.807) is 25.3 Å². The molecule has 1 aromatic heterocycles. The smallest absolute Gasteiger partial charge is 0.274 e. The average molecular weight is 378 g/mol. The summed E-state index contributed by atoms with van der Waals surface area (Å²) >= 11 is 0. The molecule has 7 heteroatoms. The van der Waals surface area contributed by atoms with E-state index >= 15 is 0 Å². The molecule has 0 unspecified atom stereocenters. The molecule has 1 amide bonds. The minimum atomic E-state index is -0.331. The fourth-order valence-electron chi connectivity index (χ4n) is 2.50. The molecule has 1 heterocycles. The maximum Gasteiger partial charge on any atom is 0.274 e. The third-order valence-electron chi connectivity index (χ3n) is 3.73. The second-order valence-corrected chi connectivity index (χ2v) is 6.24. The van der Waals surface area contributed by atoms with Gasteiger partial charge in [0, 0.05) is 11.9 Å². The second kappa shape index (κ2) is 8.85. The highest BCUT2D eigenvalue weighted by molar-refractivity contribution is 6.03. The molecule has 0 radical (unpaired) electrons. The molecule has 144 valence electrons. The quantitative estimate of drug-likeness (QED) is 0.639. The van der Waals surface area contributed by atoms with Gasteiger partial charge in [-0.25, -0.2) is 9.97 Å². The summed E-state index contributed by atoms with van der Waals surface area (Å²) in [7, 11) is 1.59. The zero-order chi connectivity index (χ0) is 19.9. The van der Waals surface area contributed by atoms with Gasteiger partial charge in [0.1, 0.15) is 17.2 Å². The number of nitrogens with zero attached hydrogens (tertiary/aromatic N) is 2. The van der Waals surface area contributed by atoms with Gasteiger partial charge in [-0.15, -0.1) is 0 Å². The Morgan fingerprint density at radius 3 is 2.50 bits per heavy atom. The third-order valence-corrected chi connectivity index (χ3v) is 3.73. The van der Waals surface area contributed by atoms with Crippen molar-refractivity contribution in [3.63, 3.8) is 0 Å². The largest absolute Gasteiger partial charge is 0.495 e. The number of benzene rings is 2. The van der Waals surface area contributed by atoms with E-state index in [0.717, 1.165) is 5.75 Å². The van der Waals surface area contributed by atoms with Gasteiger partial charge in [-0.3, -0.25) is 4.79 Å². The maximum absolute atomic E-state index is 12.5. The lowest BCUT2D eigenvalue weighted by atomic mass is 10.3. The molecule has 0 aliphatic heterocycles. The average Bonchev–Trinajstić information content (AvgIpc) is 2.70. The highest BCUT2D eigenvalue weighted by Gasteiger charge is 2.11. The van der Waals surface area contributed by atoms with E-state index in [1.807, 2.05) is 50.2 Å². The monoisotopic (exact) mass is 378 g/mol. The first-order chi connectivity index (χ1) is 13.5.